The minimum atomic E-state index is -1.88. The smallest absolute Gasteiger partial charge is 0.256 e. The molecule has 2 aliphatic heterocycles. The number of amides is 3. The summed E-state index contributed by atoms with van der Waals surface area (Å²) >= 11 is 3.28. The van der Waals surface area contributed by atoms with Gasteiger partial charge in [-0.05, 0) is 43.5 Å². The highest BCUT2D eigenvalue weighted by molar-refractivity contribution is 9.10. The second-order valence-electron chi connectivity index (χ2n) is 7.00. The van der Waals surface area contributed by atoms with Crippen molar-refractivity contribution in [2.75, 3.05) is 25.0 Å². The Kier molecular flexibility index (Phi) is 5.83. The number of carbonyl (C=O) groups excluding carboxylic acids is 3. The first-order chi connectivity index (χ1) is 12.8. The molecule has 3 amide bonds. The lowest BCUT2D eigenvalue weighted by molar-refractivity contribution is -0.154. The minimum Gasteiger partial charge on any atom is -0.380 e. The van der Waals surface area contributed by atoms with Crippen LogP contribution in [0.3, 0.4) is 0 Å². The van der Waals surface area contributed by atoms with E-state index in [9.17, 15) is 24.6 Å². The summed E-state index contributed by atoms with van der Waals surface area (Å²) in [5.74, 6) is -1.55. The fourth-order valence-corrected chi connectivity index (χ4v) is 3.83. The first-order valence-corrected chi connectivity index (χ1v) is 9.61. The molecule has 9 heteroatoms. The van der Waals surface area contributed by atoms with Crippen molar-refractivity contribution in [2.45, 2.75) is 31.5 Å². The predicted octanol–water partition coefficient (Wildman–Crippen LogP) is 0.238. The first kappa shape index (κ1) is 19.8. The highest BCUT2D eigenvalue weighted by Crippen LogP contribution is 2.38. The Bertz CT molecular complexity index is 731. The fraction of sp³-hybridized carbons (Fsp3) is 0.500. The van der Waals surface area contributed by atoms with E-state index in [1.54, 1.807) is 24.3 Å². The average Bonchev–Trinajstić information content (AvgIpc) is 3.02. The Morgan fingerprint density at radius 3 is 2.30 bits per heavy atom. The molecule has 0 unspecified atom stereocenters. The van der Waals surface area contributed by atoms with Crippen LogP contribution >= 0.6 is 15.9 Å². The number of rotatable bonds is 4. The second-order valence-corrected chi connectivity index (χ2v) is 7.91. The zero-order valence-electron chi connectivity index (χ0n) is 14.7. The lowest BCUT2D eigenvalue weighted by Gasteiger charge is -2.38. The van der Waals surface area contributed by atoms with Crippen molar-refractivity contribution in [1.82, 2.24) is 10.2 Å². The number of hydrogen-bond acceptors (Lipinski definition) is 5. The number of aliphatic hydroxyl groups excluding tert-OH is 2. The molecule has 2 heterocycles. The summed E-state index contributed by atoms with van der Waals surface area (Å²) in [7, 11) is 0. The molecule has 0 radical (unpaired) electrons. The van der Waals surface area contributed by atoms with Gasteiger partial charge in [0.05, 0.1) is 5.41 Å². The van der Waals surface area contributed by atoms with Gasteiger partial charge in [-0.2, -0.15) is 0 Å². The van der Waals surface area contributed by atoms with Gasteiger partial charge in [-0.25, -0.2) is 0 Å². The molecule has 0 saturated carbocycles. The maximum atomic E-state index is 12.5. The molecule has 8 nitrogen and oxygen atoms in total. The van der Waals surface area contributed by atoms with Crippen molar-refractivity contribution in [2.24, 2.45) is 5.41 Å². The van der Waals surface area contributed by atoms with Crippen molar-refractivity contribution in [3.05, 3.63) is 28.7 Å². The van der Waals surface area contributed by atoms with Crippen LogP contribution in [-0.2, 0) is 14.4 Å². The standard InChI is InChI=1S/C18H22BrN3O5/c19-11-1-3-12(4-2-11)21-15(25)13(23)14(24)16(26)22-9-6-18(7-10-22)5-8-20-17(18)27/h1-4,13-14,23-24H,5-10H2,(H,20,27)(H,21,25)/t13-,14-/m1/s1. The molecule has 3 rings (SSSR count). The summed E-state index contributed by atoms with van der Waals surface area (Å²) in [4.78, 5) is 38.0. The SMILES string of the molecule is O=C(Nc1ccc(Br)cc1)[C@H](O)[C@@H](O)C(=O)N1CCC2(CCNC2=O)CC1. The van der Waals surface area contributed by atoms with E-state index in [1.807, 2.05) is 0 Å². The molecule has 4 N–H and O–H groups in total. The summed E-state index contributed by atoms with van der Waals surface area (Å²) in [5.41, 5.74) is 0.00770. The van der Waals surface area contributed by atoms with Gasteiger partial charge in [0.1, 0.15) is 0 Å². The number of nitrogens with one attached hydrogen (secondary N) is 2. The Labute approximate surface area is 165 Å². The fourth-order valence-electron chi connectivity index (χ4n) is 3.56. The quantitative estimate of drug-likeness (QED) is 0.535. The first-order valence-electron chi connectivity index (χ1n) is 8.82. The van der Waals surface area contributed by atoms with E-state index in [-0.39, 0.29) is 5.91 Å². The third-order valence-electron chi connectivity index (χ3n) is 5.34. The summed E-state index contributed by atoms with van der Waals surface area (Å²) in [6.07, 6.45) is -1.97. The Morgan fingerprint density at radius 2 is 1.74 bits per heavy atom. The van der Waals surface area contributed by atoms with Crippen LogP contribution < -0.4 is 10.6 Å². The summed E-state index contributed by atoms with van der Waals surface area (Å²) in [5, 5.41) is 25.5. The van der Waals surface area contributed by atoms with E-state index in [2.05, 4.69) is 26.6 Å². The van der Waals surface area contributed by atoms with Crippen molar-refractivity contribution in [1.29, 1.82) is 0 Å². The normalized spacial score (nSPS) is 20.9. The number of likely N-dealkylation sites (tertiary alicyclic amines) is 1. The van der Waals surface area contributed by atoms with Crippen LogP contribution in [0.4, 0.5) is 5.69 Å². The molecule has 2 atom stereocenters. The lowest BCUT2D eigenvalue weighted by Crippen LogP contribution is -2.53. The van der Waals surface area contributed by atoms with E-state index in [1.165, 1.54) is 4.90 Å². The minimum absolute atomic E-state index is 0.0176. The number of aliphatic hydroxyl groups is 2. The highest BCUT2D eigenvalue weighted by Gasteiger charge is 2.46. The van der Waals surface area contributed by atoms with Gasteiger partial charge in [-0.1, -0.05) is 15.9 Å². The molecule has 0 aromatic heterocycles. The van der Waals surface area contributed by atoms with E-state index in [0.29, 0.717) is 38.2 Å². The van der Waals surface area contributed by atoms with Crippen LogP contribution in [0.15, 0.2) is 28.7 Å². The van der Waals surface area contributed by atoms with E-state index in [4.69, 9.17) is 0 Å². The van der Waals surface area contributed by atoms with Gasteiger partial charge in [-0.15, -0.1) is 0 Å². The van der Waals surface area contributed by atoms with Crippen molar-refractivity contribution < 1.29 is 24.6 Å². The van der Waals surface area contributed by atoms with Gasteiger partial charge in [-0.3, -0.25) is 14.4 Å². The average molecular weight is 440 g/mol. The molecule has 0 aliphatic carbocycles. The van der Waals surface area contributed by atoms with Crippen molar-refractivity contribution in [3.63, 3.8) is 0 Å². The number of nitrogens with zero attached hydrogens (tertiary/aromatic N) is 1. The lowest BCUT2D eigenvalue weighted by atomic mass is 9.77. The molecule has 2 saturated heterocycles. The molecular formula is C18H22BrN3O5. The van der Waals surface area contributed by atoms with E-state index in [0.717, 1.165) is 10.9 Å². The summed E-state index contributed by atoms with van der Waals surface area (Å²) in [6, 6.07) is 6.68. The molecule has 1 aromatic rings. The molecule has 1 spiro atoms. The maximum absolute atomic E-state index is 12.5. The molecule has 1 aromatic carbocycles. The zero-order chi connectivity index (χ0) is 19.6. The van der Waals surface area contributed by atoms with Crippen molar-refractivity contribution in [3.8, 4) is 0 Å². The number of hydrogen-bond donors (Lipinski definition) is 4. The predicted molar refractivity (Wildman–Crippen MR) is 101 cm³/mol. The molecule has 0 bridgehead atoms. The number of benzene rings is 1. The van der Waals surface area contributed by atoms with Crippen LogP contribution in [0.2, 0.25) is 0 Å². The third-order valence-corrected chi connectivity index (χ3v) is 5.86. The topological polar surface area (TPSA) is 119 Å². The number of piperidine rings is 1. The summed E-state index contributed by atoms with van der Waals surface area (Å²) < 4.78 is 0.829. The Balaban J connectivity index is 1.55. The van der Waals surface area contributed by atoms with Crippen LogP contribution in [0, 0.1) is 5.41 Å². The Hall–Kier alpha value is -1.97. The molecule has 2 aliphatic rings. The number of carbonyl (C=O) groups is 3. The van der Waals surface area contributed by atoms with Gasteiger partial charge in [0, 0.05) is 29.8 Å². The third kappa shape index (κ3) is 4.15. The van der Waals surface area contributed by atoms with Crippen LogP contribution in [0.25, 0.3) is 0 Å². The highest BCUT2D eigenvalue weighted by atomic mass is 79.9. The van der Waals surface area contributed by atoms with E-state index < -0.39 is 29.4 Å². The molecular weight excluding hydrogens is 418 g/mol. The molecule has 146 valence electrons. The summed E-state index contributed by atoms with van der Waals surface area (Å²) in [6.45, 7) is 1.26. The van der Waals surface area contributed by atoms with Gasteiger partial charge >= 0.3 is 0 Å². The second kappa shape index (κ2) is 7.95. The number of halogens is 1. The monoisotopic (exact) mass is 439 g/mol. The van der Waals surface area contributed by atoms with Gasteiger partial charge < -0.3 is 25.7 Å². The Morgan fingerprint density at radius 1 is 1.11 bits per heavy atom. The number of anilines is 1. The molecule has 27 heavy (non-hydrogen) atoms. The van der Waals surface area contributed by atoms with Gasteiger partial charge in [0.2, 0.25) is 5.91 Å². The maximum Gasteiger partial charge on any atom is 0.256 e. The zero-order valence-corrected chi connectivity index (χ0v) is 16.2. The molecule has 2 fully saturated rings. The van der Waals surface area contributed by atoms with Gasteiger partial charge in [0.15, 0.2) is 12.2 Å². The van der Waals surface area contributed by atoms with Crippen molar-refractivity contribution >= 4 is 39.3 Å². The van der Waals surface area contributed by atoms with Crippen LogP contribution in [-0.4, -0.2) is 64.7 Å². The van der Waals surface area contributed by atoms with Crippen LogP contribution in [0.1, 0.15) is 19.3 Å². The largest absolute Gasteiger partial charge is 0.380 e. The van der Waals surface area contributed by atoms with Gasteiger partial charge in [0.25, 0.3) is 11.8 Å². The van der Waals surface area contributed by atoms with E-state index >= 15 is 0 Å². The van der Waals surface area contributed by atoms with Crippen LogP contribution in [0.5, 0.6) is 0 Å².